The van der Waals surface area contributed by atoms with Crippen LogP contribution in [0.4, 0.5) is 5.69 Å². The first kappa shape index (κ1) is 17.4. The number of ketones is 1. The third kappa shape index (κ3) is 3.87. The molecule has 0 amide bonds. The van der Waals surface area contributed by atoms with Gasteiger partial charge in [-0.25, -0.2) is 4.98 Å². The second kappa shape index (κ2) is 7.70. The van der Waals surface area contributed by atoms with Gasteiger partial charge < -0.3 is 4.90 Å². The monoisotopic (exact) mass is 383 g/mol. The first-order valence-electron chi connectivity index (χ1n) is 8.74. The summed E-state index contributed by atoms with van der Waals surface area (Å²) in [7, 11) is 0. The molecule has 3 aromatic rings. The van der Waals surface area contributed by atoms with Crippen LogP contribution >= 0.6 is 22.7 Å². The maximum Gasteiger partial charge on any atom is 0.159 e. The number of anilines is 1. The Labute approximate surface area is 161 Å². The van der Waals surface area contributed by atoms with Gasteiger partial charge in [-0.15, -0.1) is 11.3 Å². The van der Waals surface area contributed by atoms with E-state index in [0.717, 1.165) is 49.0 Å². The molecule has 0 atom stereocenters. The zero-order valence-corrected chi connectivity index (χ0v) is 16.4. The largest absolute Gasteiger partial charge is 0.369 e. The van der Waals surface area contributed by atoms with Crippen molar-refractivity contribution in [3.8, 4) is 10.6 Å². The van der Waals surface area contributed by atoms with Gasteiger partial charge in [0.1, 0.15) is 5.01 Å². The van der Waals surface area contributed by atoms with Gasteiger partial charge in [-0.2, -0.15) is 11.3 Å². The maximum atomic E-state index is 11.4. The van der Waals surface area contributed by atoms with Crippen LogP contribution < -0.4 is 4.90 Å². The molecular formula is C20H21N3OS2. The molecule has 4 nitrogen and oxygen atoms in total. The minimum atomic E-state index is 0.117. The molecular weight excluding hydrogens is 362 g/mol. The highest BCUT2D eigenvalue weighted by Crippen LogP contribution is 2.26. The van der Waals surface area contributed by atoms with Crippen LogP contribution in [-0.4, -0.2) is 41.8 Å². The maximum absolute atomic E-state index is 11.4. The van der Waals surface area contributed by atoms with E-state index in [2.05, 4.69) is 44.1 Å². The lowest BCUT2D eigenvalue weighted by atomic mass is 10.1. The topological polar surface area (TPSA) is 36.4 Å². The molecule has 0 N–H and O–H groups in total. The summed E-state index contributed by atoms with van der Waals surface area (Å²) < 4.78 is 0. The number of thiazole rings is 1. The Morgan fingerprint density at radius 1 is 1.08 bits per heavy atom. The fourth-order valence-corrected chi connectivity index (χ4v) is 4.72. The fraction of sp³-hybridized carbons (Fsp3) is 0.300. The third-order valence-corrected chi connectivity index (χ3v) is 6.34. The van der Waals surface area contributed by atoms with E-state index in [0.29, 0.717) is 0 Å². The van der Waals surface area contributed by atoms with E-state index in [1.165, 1.54) is 11.3 Å². The number of hydrogen-bond acceptors (Lipinski definition) is 6. The van der Waals surface area contributed by atoms with E-state index in [-0.39, 0.29) is 5.78 Å². The summed E-state index contributed by atoms with van der Waals surface area (Å²) in [5.74, 6) is 0.117. The molecule has 134 valence electrons. The molecule has 26 heavy (non-hydrogen) atoms. The molecule has 6 heteroatoms. The van der Waals surface area contributed by atoms with Crippen molar-refractivity contribution in [2.24, 2.45) is 0 Å². The number of Topliss-reactive ketones (excluding diaryl/α,β-unsaturated/α-hetero) is 1. The zero-order chi connectivity index (χ0) is 17.9. The van der Waals surface area contributed by atoms with Crippen molar-refractivity contribution in [3.05, 3.63) is 57.7 Å². The molecule has 0 bridgehead atoms. The van der Waals surface area contributed by atoms with Gasteiger partial charge >= 0.3 is 0 Å². The Morgan fingerprint density at radius 2 is 1.85 bits per heavy atom. The Balaban J connectivity index is 1.33. The molecule has 1 aliphatic rings. The molecule has 1 fully saturated rings. The lowest BCUT2D eigenvalue weighted by Gasteiger charge is -2.35. The van der Waals surface area contributed by atoms with Crippen LogP contribution in [0.25, 0.3) is 10.6 Å². The molecule has 0 aliphatic carbocycles. The van der Waals surface area contributed by atoms with Crippen LogP contribution in [0.3, 0.4) is 0 Å². The number of thiophene rings is 1. The highest BCUT2D eigenvalue weighted by molar-refractivity contribution is 7.14. The van der Waals surface area contributed by atoms with Gasteiger partial charge in [0.2, 0.25) is 0 Å². The molecule has 0 radical (unpaired) electrons. The smallest absolute Gasteiger partial charge is 0.159 e. The second-order valence-corrected chi connectivity index (χ2v) is 8.16. The number of piperazine rings is 1. The number of nitrogens with zero attached hydrogens (tertiary/aromatic N) is 3. The predicted molar refractivity (Wildman–Crippen MR) is 109 cm³/mol. The number of carbonyl (C=O) groups is 1. The van der Waals surface area contributed by atoms with Crippen LogP contribution in [-0.2, 0) is 6.54 Å². The third-order valence-electron chi connectivity index (χ3n) is 4.72. The summed E-state index contributed by atoms with van der Waals surface area (Å²) in [4.78, 5) is 21.0. The standard InChI is InChI=1S/C20H21N3OS2/c1-15(24)16-2-4-19(5-3-16)23-9-7-22(8-10-23)12-18-14-26-20(21-18)17-6-11-25-13-17/h2-6,11,13-14H,7-10,12H2,1H3. The number of aromatic nitrogens is 1. The van der Waals surface area contributed by atoms with E-state index < -0.39 is 0 Å². The molecule has 0 saturated carbocycles. The van der Waals surface area contributed by atoms with Gasteiger partial charge in [0.05, 0.1) is 5.69 Å². The zero-order valence-electron chi connectivity index (χ0n) is 14.7. The summed E-state index contributed by atoms with van der Waals surface area (Å²) in [5.41, 5.74) is 4.36. The molecule has 2 aromatic heterocycles. The van der Waals surface area contributed by atoms with E-state index in [4.69, 9.17) is 4.98 Å². The minimum Gasteiger partial charge on any atom is -0.369 e. The quantitative estimate of drug-likeness (QED) is 0.612. The summed E-state index contributed by atoms with van der Waals surface area (Å²) in [6.45, 7) is 6.58. The molecule has 1 aliphatic heterocycles. The van der Waals surface area contributed by atoms with Crippen molar-refractivity contribution in [1.82, 2.24) is 9.88 Å². The Hall–Kier alpha value is -2.02. The van der Waals surface area contributed by atoms with Crippen LogP contribution in [0.5, 0.6) is 0 Å². The van der Waals surface area contributed by atoms with Crippen LogP contribution in [0, 0.1) is 0 Å². The van der Waals surface area contributed by atoms with Crippen molar-refractivity contribution < 1.29 is 4.79 Å². The van der Waals surface area contributed by atoms with E-state index in [1.807, 2.05) is 12.1 Å². The molecule has 1 aromatic carbocycles. The number of rotatable bonds is 5. The predicted octanol–water partition coefficient (Wildman–Crippen LogP) is 4.40. The van der Waals surface area contributed by atoms with Crippen molar-refractivity contribution in [1.29, 1.82) is 0 Å². The Bertz CT molecular complexity index is 863. The second-order valence-electron chi connectivity index (χ2n) is 6.52. The molecule has 4 rings (SSSR count). The number of hydrogen-bond donors (Lipinski definition) is 0. The van der Waals surface area contributed by atoms with Gasteiger partial charge in [-0.05, 0) is 42.6 Å². The van der Waals surface area contributed by atoms with Crippen molar-refractivity contribution in [2.75, 3.05) is 31.1 Å². The minimum absolute atomic E-state index is 0.117. The SMILES string of the molecule is CC(=O)c1ccc(N2CCN(Cc3csc(-c4ccsc4)n3)CC2)cc1. The summed E-state index contributed by atoms with van der Waals surface area (Å²) in [6.07, 6.45) is 0. The summed E-state index contributed by atoms with van der Waals surface area (Å²) in [6, 6.07) is 10.1. The summed E-state index contributed by atoms with van der Waals surface area (Å²) >= 11 is 3.44. The average molecular weight is 384 g/mol. The highest BCUT2D eigenvalue weighted by Gasteiger charge is 2.18. The van der Waals surface area contributed by atoms with Crippen LogP contribution in [0.2, 0.25) is 0 Å². The van der Waals surface area contributed by atoms with E-state index >= 15 is 0 Å². The Morgan fingerprint density at radius 3 is 2.50 bits per heavy atom. The molecule has 0 spiro atoms. The van der Waals surface area contributed by atoms with Gasteiger partial charge in [-0.1, -0.05) is 0 Å². The van der Waals surface area contributed by atoms with Gasteiger partial charge in [0.25, 0.3) is 0 Å². The van der Waals surface area contributed by atoms with Crippen molar-refractivity contribution in [2.45, 2.75) is 13.5 Å². The number of carbonyl (C=O) groups excluding carboxylic acids is 1. The average Bonchev–Trinajstić information content (AvgIpc) is 3.34. The van der Waals surface area contributed by atoms with Crippen molar-refractivity contribution >= 4 is 34.1 Å². The molecule has 3 heterocycles. The fourth-order valence-electron chi connectivity index (χ4n) is 3.20. The van der Waals surface area contributed by atoms with Crippen LogP contribution in [0.15, 0.2) is 46.5 Å². The lowest BCUT2D eigenvalue weighted by molar-refractivity contribution is 0.101. The lowest BCUT2D eigenvalue weighted by Crippen LogP contribution is -2.46. The molecule has 1 saturated heterocycles. The number of benzene rings is 1. The van der Waals surface area contributed by atoms with Crippen molar-refractivity contribution in [3.63, 3.8) is 0 Å². The van der Waals surface area contributed by atoms with Gasteiger partial charge in [0, 0.05) is 60.3 Å². The van der Waals surface area contributed by atoms with E-state index in [1.54, 1.807) is 29.6 Å². The summed E-state index contributed by atoms with van der Waals surface area (Å²) in [5, 5.41) is 7.54. The first-order valence-corrected chi connectivity index (χ1v) is 10.6. The highest BCUT2D eigenvalue weighted by atomic mass is 32.1. The van der Waals surface area contributed by atoms with Gasteiger partial charge in [0.15, 0.2) is 5.78 Å². The van der Waals surface area contributed by atoms with Crippen LogP contribution in [0.1, 0.15) is 23.0 Å². The Kier molecular flexibility index (Phi) is 5.15. The normalized spacial score (nSPS) is 15.3. The van der Waals surface area contributed by atoms with Gasteiger partial charge in [-0.3, -0.25) is 9.69 Å². The first-order chi connectivity index (χ1) is 12.7. The molecule has 0 unspecified atom stereocenters. The van der Waals surface area contributed by atoms with E-state index in [9.17, 15) is 4.79 Å².